The van der Waals surface area contributed by atoms with Crippen molar-refractivity contribution in [3.05, 3.63) is 48.3 Å². The van der Waals surface area contributed by atoms with Gasteiger partial charge in [-0.3, -0.25) is 9.88 Å². The molecule has 0 amide bonds. The van der Waals surface area contributed by atoms with Gasteiger partial charge in [-0.05, 0) is 31.3 Å². The molecule has 0 radical (unpaired) electrons. The van der Waals surface area contributed by atoms with E-state index in [0.29, 0.717) is 0 Å². The van der Waals surface area contributed by atoms with E-state index in [1.54, 1.807) is 0 Å². The number of benzene rings is 1. The molecule has 4 heterocycles. The van der Waals surface area contributed by atoms with E-state index in [2.05, 4.69) is 69.8 Å². The van der Waals surface area contributed by atoms with Gasteiger partial charge >= 0.3 is 0 Å². The number of hydrogen-bond acceptors (Lipinski definition) is 5. The molecule has 2 aliphatic rings. The van der Waals surface area contributed by atoms with E-state index in [-0.39, 0.29) is 0 Å². The summed E-state index contributed by atoms with van der Waals surface area (Å²) in [4.78, 5) is 12.1. The minimum atomic E-state index is 0.830. The van der Waals surface area contributed by atoms with Crippen LogP contribution in [-0.2, 0) is 18.3 Å². The number of morpholine rings is 1. The van der Waals surface area contributed by atoms with Crippen molar-refractivity contribution in [3.63, 3.8) is 0 Å². The highest BCUT2D eigenvalue weighted by molar-refractivity contribution is 5.94. The predicted molar refractivity (Wildman–Crippen MR) is 122 cm³/mol. The molecule has 30 heavy (non-hydrogen) atoms. The molecule has 3 aromatic rings. The Balaban J connectivity index is 1.42. The van der Waals surface area contributed by atoms with E-state index in [4.69, 9.17) is 9.72 Å². The Morgan fingerprint density at radius 1 is 0.900 bits per heavy atom. The van der Waals surface area contributed by atoms with Gasteiger partial charge in [0, 0.05) is 81.4 Å². The van der Waals surface area contributed by atoms with Crippen LogP contribution in [0.1, 0.15) is 5.69 Å². The Hall–Kier alpha value is -2.41. The second-order valence-electron chi connectivity index (χ2n) is 8.51. The van der Waals surface area contributed by atoms with Crippen molar-refractivity contribution in [3.8, 4) is 11.3 Å². The molecule has 0 bridgehead atoms. The number of anilines is 1. The van der Waals surface area contributed by atoms with Gasteiger partial charge in [0.25, 0.3) is 0 Å². The molecule has 0 atom stereocenters. The third-order valence-corrected chi connectivity index (χ3v) is 6.57. The molecule has 6 nitrogen and oxygen atoms in total. The molecule has 0 unspecified atom stereocenters. The van der Waals surface area contributed by atoms with Crippen LogP contribution >= 0.6 is 0 Å². The first-order chi connectivity index (χ1) is 14.7. The first-order valence-electron chi connectivity index (χ1n) is 11.0. The second-order valence-corrected chi connectivity index (χ2v) is 8.51. The molecule has 0 N–H and O–H groups in total. The van der Waals surface area contributed by atoms with Crippen molar-refractivity contribution in [1.29, 1.82) is 0 Å². The monoisotopic (exact) mass is 405 g/mol. The molecule has 0 spiro atoms. The zero-order valence-electron chi connectivity index (χ0n) is 18.0. The Bertz CT molecular complexity index is 998. The van der Waals surface area contributed by atoms with Gasteiger partial charge < -0.3 is 19.1 Å². The fraction of sp³-hybridized carbons (Fsp3) is 0.458. The second kappa shape index (κ2) is 8.38. The number of rotatable bonds is 4. The van der Waals surface area contributed by atoms with Gasteiger partial charge in [0.05, 0.1) is 24.4 Å². The highest BCUT2D eigenvalue weighted by atomic mass is 16.5. The number of hydrogen-bond donors (Lipinski definition) is 0. The maximum Gasteiger partial charge on any atom is 0.0795 e. The summed E-state index contributed by atoms with van der Waals surface area (Å²) in [6, 6.07) is 13.4. The highest BCUT2D eigenvalue weighted by Gasteiger charge is 2.17. The summed E-state index contributed by atoms with van der Waals surface area (Å²) in [5.74, 6) is 0. The van der Waals surface area contributed by atoms with Crippen LogP contribution < -0.4 is 4.90 Å². The normalized spacial score (nSPS) is 18.9. The standard InChI is InChI=1S/C24H31N5O/c1-26-9-11-29(12-10-26)20-5-3-19(4-6-20)24-22-17-21(18-28-13-15-30-16-14-28)27(2)23(22)7-8-25-24/h3-8,17H,9-16,18H2,1-2H3. The lowest BCUT2D eigenvalue weighted by molar-refractivity contribution is 0.0333. The molecular formula is C24H31N5O. The van der Waals surface area contributed by atoms with Crippen molar-refractivity contribution < 1.29 is 4.74 Å². The number of nitrogens with zero attached hydrogens (tertiary/aromatic N) is 5. The van der Waals surface area contributed by atoms with Crippen LogP contribution in [-0.4, -0.2) is 78.9 Å². The molecular weight excluding hydrogens is 374 g/mol. The third kappa shape index (κ3) is 3.83. The minimum Gasteiger partial charge on any atom is -0.379 e. The molecule has 6 heteroatoms. The van der Waals surface area contributed by atoms with Crippen LogP contribution in [0.15, 0.2) is 42.6 Å². The highest BCUT2D eigenvalue weighted by Crippen LogP contribution is 2.30. The van der Waals surface area contributed by atoms with E-state index in [9.17, 15) is 0 Å². The van der Waals surface area contributed by atoms with Gasteiger partial charge in [0.15, 0.2) is 0 Å². The van der Waals surface area contributed by atoms with Crippen LogP contribution in [0.25, 0.3) is 22.2 Å². The molecule has 1 aromatic carbocycles. The minimum absolute atomic E-state index is 0.830. The molecule has 2 saturated heterocycles. The maximum absolute atomic E-state index is 5.50. The van der Waals surface area contributed by atoms with Crippen LogP contribution in [0.3, 0.4) is 0 Å². The average molecular weight is 406 g/mol. The Kier molecular flexibility index (Phi) is 5.46. The number of aryl methyl sites for hydroxylation is 1. The smallest absolute Gasteiger partial charge is 0.0795 e. The summed E-state index contributed by atoms with van der Waals surface area (Å²) in [5, 5.41) is 1.23. The Labute approximate surface area is 178 Å². The molecule has 2 aliphatic heterocycles. The van der Waals surface area contributed by atoms with Crippen LogP contribution in [0.2, 0.25) is 0 Å². The lowest BCUT2D eigenvalue weighted by atomic mass is 10.1. The van der Waals surface area contributed by atoms with E-state index < -0.39 is 0 Å². The largest absolute Gasteiger partial charge is 0.379 e. The molecule has 2 fully saturated rings. The lowest BCUT2D eigenvalue weighted by Gasteiger charge is -2.34. The quantitative estimate of drug-likeness (QED) is 0.667. The van der Waals surface area contributed by atoms with E-state index in [1.165, 1.54) is 27.8 Å². The molecule has 5 rings (SSSR count). The van der Waals surface area contributed by atoms with E-state index in [1.807, 2.05) is 6.20 Å². The summed E-state index contributed by atoms with van der Waals surface area (Å²) < 4.78 is 7.81. The third-order valence-electron chi connectivity index (χ3n) is 6.57. The van der Waals surface area contributed by atoms with Crippen molar-refractivity contribution in [1.82, 2.24) is 19.4 Å². The van der Waals surface area contributed by atoms with Crippen LogP contribution in [0.4, 0.5) is 5.69 Å². The zero-order chi connectivity index (χ0) is 20.5. The molecule has 0 aliphatic carbocycles. The summed E-state index contributed by atoms with van der Waals surface area (Å²) in [6.07, 6.45) is 1.94. The maximum atomic E-state index is 5.50. The average Bonchev–Trinajstić information content (AvgIpc) is 3.11. The fourth-order valence-electron chi connectivity index (χ4n) is 4.58. The van der Waals surface area contributed by atoms with E-state index >= 15 is 0 Å². The van der Waals surface area contributed by atoms with Crippen molar-refractivity contribution in [2.45, 2.75) is 6.54 Å². The topological polar surface area (TPSA) is 36.8 Å². The number of piperazine rings is 1. The first-order valence-corrected chi connectivity index (χ1v) is 11.0. The van der Waals surface area contributed by atoms with Crippen molar-refractivity contribution >= 4 is 16.6 Å². The zero-order valence-corrected chi connectivity index (χ0v) is 18.0. The van der Waals surface area contributed by atoms with Crippen molar-refractivity contribution in [2.75, 3.05) is 64.4 Å². The van der Waals surface area contributed by atoms with Gasteiger partial charge in [-0.15, -0.1) is 0 Å². The van der Waals surface area contributed by atoms with Gasteiger partial charge in [-0.1, -0.05) is 12.1 Å². The number of fused-ring (bicyclic) bond motifs is 1. The van der Waals surface area contributed by atoms with Crippen LogP contribution in [0.5, 0.6) is 0 Å². The van der Waals surface area contributed by atoms with E-state index in [0.717, 1.165) is 64.7 Å². The lowest BCUT2D eigenvalue weighted by Crippen LogP contribution is -2.44. The SMILES string of the molecule is CN1CCN(c2ccc(-c3nccc4c3cc(CN3CCOCC3)n4C)cc2)CC1. The number of ether oxygens (including phenoxy) is 1. The van der Waals surface area contributed by atoms with Gasteiger partial charge in [-0.25, -0.2) is 0 Å². The first kappa shape index (κ1) is 19.5. The van der Waals surface area contributed by atoms with Gasteiger partial charge in [-0.2, -0.15) is 0 Å². The Morgan fingerprint density at radius 2 is 1.63 bits per heavy atom. The number of aromatic nitrogens is 2. The van der Waals surface area contributed by atoms with Gasteiger partial charge in [0.2, 0.25) is 0 Å². The Morgan fingerprint density at radius 3 is 2.37 bits per heavy atom. The predicted octanol–water partition coefficient (Wildman–Crippen LogP) is 2.82. The summed E-state index contributed by atoms with van der Waals surface area (Å²) in [5.41, 5.74) is 6.13. The van der Waals surface area contributed by atoms with Gasteiger partial charge in [0.1, 0.15) is 0 Å². The molecule has 2 aromatic heterocycles. The number of pyridine rings is 1. The molecule has 158 valence electrons. The molecule has 0 saturated carbocycles. The van der Waals surface area contributed by atoms with Crippen molar-refractivity contribution in [2.24, 2.45) is 7.05 Å². The fourth-order valence-corrected chi connectivity index (χ4v) is 4.58. The van der Waals surface area contributed by atoms with Crippen LogP contribution in [0, 0.1) is 0 Å². The summed E-state index contributed by atoms with van der Waals surface area (Å²) >= 11 is 0. The number of likely N-dealkylation sites (N-methyl/N-ethyl adjacent to an activating group) is 1. The summed E-state index contributed by atoms with van der Waals surface area (Å²) in [6.45, 7) is 9.04. The summed E-state index contributed by atoms with van der Waals surface area (Å²) in [7, 11) is 4.36.